The third-order valence-electron chi connectivity index (χ3n) is 2.13. The van der Waals surface area contributed by atoms with E-state index in [1.807, 2.05) is 6.07 Å². The average Bonchev–Trinajstić information content (AvgIpc) is 2.30. The van der Waals surface area contributed by atoms with Crippen LogP contribution in [0.5, 0.6) is 0 Å². The van der Waals surface area contributed by atoms with Gasteiger partial charge >= 0.3 is 0 Å². The van der Waals surface area contributed by atoms with Gasteiger partial charge in [-0.05, 0) is 6.07 Å². The molecule has 76 valence electrons. The van der Waals surface area contributed by atoms with Crippen molar-refractivity contribution in [2.75, 3.05) is 31.2 Å². The molecule has 1 fully saturated rings. The van der Waals surface area contributed by atoms with Crippen LogP contribution in [0.2, 0.25) is 0 Å². The minimum atomic E-state index is 0.766. The van der Waals surface area contributed by atoms with Gasteiger partial charge in [-0.3, -0.25) is 0 Å². The summed E-state index contributed by atoms with van der Waals surface area (Å²) in [4.78, 5) is 10.8. The van der Waals surface area contributed by atoms with E-state index in [-0.39, 0.29) is 0 Å². The van der Waals surface area contributed by atoms with Crippen LogP contribution in [-0.2, 0) is 10.1 Å². The number of anilines is 1. The highest BCUT2D eigenvalue weighted by atomic mass is 79.9. The summed E-state index contributed by atoms with van der Waals surface area (Å²) in [5.74, 6) is 0.810. The van der Waals surface area contributed by atoms with Gasteiger partial charge in [0.2, 0.25) is 5.95 Å². The lowest BCUT2D eigenvalue weighted by atomic mass is 10.4. The molecule has 1 aliphatic rings. The number of aromatic nitrogens is 2. The minimum Gasteiger partial charge on any atom is -0.378 e. The second kappa shape index (κ2) is 4.70. The molecule has 5 heteroatoms. The Balaban J connectivity index is 2.13. The molecule has 1 saturated heterocycles. The summed E-state index contributed by atoms with van der Waals surface area (Å²) in [6, 6.07) is 1.92. The number of morpholine rings is 1. The number of nitrogens with zero attached hydrogens (tertiary/aromatic N) is 3. The van der Waals surface area contributed by atoms with Crippen molar-refractivity contribution in [3.8, 4) is 0 Å². The van der Waals surface area contributed by atoms with Crippen LogP contribution < -0.4 is 4.90 Å². The Morgan fingerprint density at radius 3 is 2.93 bits per heavy atom. The van der Waals surface area contributed by atoms with Gasteiger partial charge in [-0.25, -0.2) is 9.97 Å². The molecule has 0 spiro atoms. The zero-order valence-electron chi connectivity index (χ0n) is 7.82. The maximum atomic E-state index is 5.27. The highest BCUT2D eigenvalue weighted by Gasteiger charge is 2.13. The quantitative estimate of drug-likeness (QED) is 0.747. The average molecular weight is 258 g/mol. The molecular formula is C9H12BrN3O. The van der Waals surface area contributed by atoms with E-state index in [4.69, 9.17) is 4.74 Å². The van der Waals surface area contributed by atoms with E-state index in [2.05, 4.69) is 30.8 Å². The van der Waals surface area contributed by atoms with Crippen molar-refractivity contribution in [1.82, 2.24) is 9.97 Å². The molecule has 4 nitrogen and oxygen atoms in total. The molecule has 2 heterocycles. The van der Waals surface area contributed by atoms with Gasteiger partial charge in [-0.1, -0.05) is 15.9 Å². The van der Waals surface area contributed by atoms with Crippen molar-refractivity contribution >= 4 is 21.9 Å². The van der Waals surface area contributed by atoms with Gasteiger partial charge in [0.1, 0.15) is 0 Å². The van der Waals surface area contributed by atoms with E-state index >= 15 is 0 Å². The van der Waals surface area contributed by atoms with Crippen molar-refractivity contribution in [2.45, 2.75) is 5.33 Å². The van der Waals surface area contributed by atoms with E-state index in [9.17, 15) is 0 Å². The largest absolute Gasteiger partial charge is 0.378 e. The molecule has 0 atom stereocenters. The van der Waals surface area contributed by atoms with Gasteiger partial charge in [0.25, 0.3) is 0 Å². The van der Waals surface area contributed by atoms with Crippen LogP contribution in [0.4, 0.5) is 5.95 Å². The summed E-state index contributed by atoms with van der Waals surface area (Å²) in [7, 11) is 0. The first-order valence-corrected chi connectivity index (χ1v) is 5.73. The zero-order chi connectivity index (χ0) is 9.80. The third-order valence-corrected chi connectivity index (χ3v) is 2.71. The van der Waals surface area contributed by atoms with Gasteiger partial charge in [-0.15, -0.1) is 0 Å². The molecule has 14 heavy (non-hydrogen) atoms. The molecule has 0 aromatic carbocycles. The SMILES string of the molecule is BrCc1ccnc(N2CCOCC2)n1. The van der Waals surface area contributed by atoms with Gasteiger partial charge in [0, 0.05) is 24.6 Å². The van der Waals surface area contributed by atoms with Crippen LogP contribution in [0, 0.1) is 0 Å². The highest BCUT2D eigenvalue weighted by Crippen LogP contribution is 2.11. The minimum absolute atomic E-state index is 0.766. The normalized spacial score (nSPS) is 17.1. The second-order valence-electron chi connectivity index (χ2n) is 3.08. The molecule has 1 aromatic rings. The van der Waals surface area contributed by atoms with E-state index in [0.29, 0.717) is 0 Å². The Morgan fingerprint density at radius 1 is 1.43 bits per heavy atom. The van der Waals surface area contributed by atoms with E-state index in [1.54, 1.807) is 6.20 Å². The fraction of sp³-hybridized carbons (Fsp3) is 0.556. The molecule has 0 aliphatic carbocycles. The molecule has 1 aliphatic heterocycles. The number of rotatable bonds is 2. The number of alkyl halides is 1. The summed E-state index contributed by atoms with van der Waals surface area (Å²) >= 11 is 3.38. The first-order valence-electron chi connectivity index (χ1n) is 4.61. The van der Waals surface area contributed by atoms with Crippen molar-refractivity contribution in [3.63, 3.8) is 0 Å². The predicted molar refractivity (Wildman–Crippen MR) is 57.7 cm³/mol. The topological polar surface area (TPSA) is 38.2 Å². The molecule has 0 saturated carbocycles. The van der Waals surface area contributed by atoms with E-state index in [0.717, 1.165) is 43.3 Å². The van der Waals surface area contributed by atoms with Crippen LogP contribution in [0.15, 0.2) is 12.3 Å². The fourth-order valence-corrected chi connectivity index (χ4v) is 1.69. The number of hydrogen-bond donors (Lipinski definition) is 0. The first-order chi connectivity index (χ1) is 6.90. The molecular weight excluding hydrogens is 246 g/mol. The number of halogens is 1. The van der Waals surface area contributed by atoms with Gasteiger partial charge < -0.3 is 9.64 Å². The molecule has 0 unspecified atom stereocenters. The maximum absolute atomic E-state index is 5.27. The summed E-state index contributed by atoms with van der Waals surface area (Å²) < 4.78 is 5.27. The molecule has 2 rings (SSSR count). The van der Waals surface area contributed by atoms with Crippen LogP contribution in [0.1, 0.15) is 5.69 Å². The van der Waals surface area contributed by atoms with E-state index in [1.165, 1.54) is 0 Å². The zero-order valence-corrected chi connectivity index (χ0v) is 9.40. The highest BCUT2D eigenvalue weighted by molar-refractivity contribution is 9.08. The fourth-order valence-electron chi connectivity index (χ4n) is 1.37. The summed E-state index contributed by atoms with van der Waals surface area (Å²) in [5, 5.41) is 0.771. The smallest absolute Gasteiger partial charge is 0.225 e. The lowest BCUT2D eigenvalue weighted by Gasteiger charge is -2.26. The monoisotopic (exact) mass is 257 g/mol. The van der Waals surface area contributed by atoms with Gasteiger partial charge in [0.15, 0.2) is 0 Å². The number of ether oxygens (including phenoxy) is 1. The van der Waals surface area contributed by atoms with Crippen molar-refractivity contribution in [2.24, 2.45) is 0 Å². The van der Waals surface area contributed by atoms with Crippen LogP contribution in [0.25, 0.3) is 0 Å². The molecule has 0 radical (unpaired) electrons. The maximum Gasteiger partial charge on any atom is 0.225 e. The Hall–Kier alpha value is -0.680. The van der Waals surface area contributed by atoms with Gasteiger partial charge in [0.05, 0.1) is 18.9 Å². The first kappa shape index (κ1) is 9.86. The predicted octanol–water partition coefficient (Wildman–Crippen LogP) is 1.21. The number of hydrogen-bond acceptors (Lipinski definition) is 4. The molecule has 0 bridgehead atoms. The molecule has 0 amide bonds. The lowest BCUT2D eigenvalue weighted by molar-refractivity contribution is 0.122. The summed E-state index contributed by atoms with van der Waals surface area (Å²) in [6.45, 7) is 3.29. The van der Waals surface area contributed by atoms with Crippen molar-refractivity contribution in [3.05, 3.63) is 18.0 Å². The second-order valence-corrected chi connectivity index (χ2v) is 3.64. The van der Waals surface area contributed by atoms with Crippen LogP contribution in [0.3, 0.4) is 0 Å². The Labute approximate surface area is 91.4 Å². The summed E-state index contributed by atoms with van der Waals surface area (Å²) in [5.41, 5.74) is 1.02. The van der Waals surface area contributed by atoms with Gasteiger partial charge in [-0.2, -0.15) is 0 Å². The van der Waals surface area contributed by atoms with Crippen LogP contribution >= 0.6 is 15.9 Å². The summed E-state index contributed by atoms with van der Waals surface area (Å²) in [6.07, 6.45) is 1.80. The standard InChI is InChI=1S/C9H12BrN3O/c10-7-8-1-2-11-9(12-8)13-3-5-14-6-4-13/h1-2H,3-7H2. The molecule has 0 N–H and O–H groups in total. The Kier molecular flexibility index (Phi) is 3.31. The Morgan fingerprint density at radius 2 is 2.21 bits per heavy atom. The van der Waals surface area contributed by atoms with Crippen LogP contribution in [-0.4, -0.2) is 36.3 Å². The molecule has 1 aromatic heterocycles. The lowest BCUT2D eigenvalue weighted by Crippen LogP contribution is -2.37. The van der Waals surface area contributed by atoms with Crippen molar-refractivity contribution < 1.29 is 4.74 Å². The van der Waals surface area contributed by atoms with Crippen molar-refractivity contribution in [1.29, 1.82) is 0 Å². The Bertz CT molecular complexity index is 302. The third kappa shape index (κ3) is 2.22. The van der Waals surface area contributed by atoms with E-state index < -0.39 is 0 Å².